The Balaban J connectivity index is 2.15. The predicted molar refractivity (Wildman–Crippen MR) is 102 cm³/mol. The highest BCUT2D eigenvalue weighted by atomic mass is 32.1. The molecule has 0 bridgehead atoms. The van der Waals surface area contributed by atoms with Gasteiger partial charge >= 0.3 is 0 Å². The van der Waals surface area contributed by atoms with E-state index in [4.69, 9.17) is 9.47 Å². The molecule has 0 fully saturated rings. The normalized spacial score (nSPS) is 11.6. The number of hydrogen-bond acceptors (Lipinski definition) is 6. The van der Waals surface area contributed by atoms with Crippen LogP contribution >= 0.6 is 11.3 Å². The second kappa shape index (κ2) is 7.58. The molecule has 1 aromatic heterocycles. The third-order valence-electron chi connectivity index (χ3n) is 4.03. The van der Waals surface area contributed by atoms with E-state index < -0.39 is 10.8 Å². The van der Waals surface area contributed by atoms with Crippen LogP contribution in [0.1, 0.15) is 17.3 Å². The summed E-state index contributed by atoms with van der Waals surface area (Å²) in [6, 6.07) is 9.51. The fraction of sp³-hybridized carbons (Fsp3) is 0.222. The van der Waals surface area contributed by atoms with Crippen LogP contribution in [0, 0.1) is 10.1 Å². The van der Waals surface area contributed by atoms with Gasteiger partial charge in [0.05, 0.1) is 34.9 Å². The maximum atomic E-state index is 12.8. The summed E-state index contributed by atoms with van der Waals surface area (Å²) in [5, 5.41) is 11.0. The summed E-state index contributed by atoms with van der Waals surface area (Å²) in [5.74, 6) is 0.433. The largest absolute Gasteiger partial charge is 0.497 e. The van der Waals surface area contributed by atoms with Crippen LogP contribution in [-0.4, -0.2) is 29.6 Å². The summed E-state index contributed by atoms with van der Waals surface area (Å²) >= 11 is 1.23. The number of carbonyl (C=O) groups excluding carboxylic acids is 1. The molecule has 8 nitrogen and oxygen atoms in total. The van der Waals surface area contributed by atoms with Crippen LogP contribution < -0.4 is 14.3 Å². The number of amides is 1. The topological polar surface area (TPSA) is 96.0 Å². The van der Waals surface area contributed by atoms with E-state index in [1.807, 2.05) is 11.5 Å². The van der Waals surface area contributed by atoms with Gasteiger partial charge in [-0.15, -0.1) is 0 Å². The first kappa shape index (κ1) is 18.6. The number of benzene rings is 2. The molecule has 0 atom stereocenters. The highest BCUT2D eigenvalue weighted by Crippen LogP contribution is 2.26. The lowest BCUT2D eigenvalue weighted by Gasteiger charge is -2.07. The quantitative estimate of drug-likeness (QED) is 0.494. The molecule has 0 aliphatic rings. The molecule has 0 spiro atoms. The van der Waals surface area contributed by atoms with Gasteiger partial charge < -0.3 is 14.0 Å². The Hall–Kier alpha value is -3.20. The molecule has 0 aliphatic heterocycles. The number of carbonyl (C=O) groups is 1. The third kappa shape index (κ3) is 3.54. The lowest BCUT2D eigenvalue weighted by Crippen LogP contribution is -2.16. The Bertz CT molecular complexity index is 1100. The standard InChI is InChI=1S/C18H17N3O5S/c1-4-20-14-7-5-11(21(23)24)9-16(14)27-18(20)19-17(22)13-10-12(25-2)6-8-15(13)26-3/h5-10H,4H2,1-3H3. The van der Waals surface area contributed by atoms with E-state index >= 15 is 0 Å². The van der Waals surface area contributed by atoms with Gasteiger partial charge in [-0.1, -0.05) is 11.3 Å². The number of nitro benzene ring substituents is 1. The van der Waals surface area contributed by atoms with Crippen LogP contribution in [0.4, 0.5) is 5.69 Å². The number of aryl methyl sites for hydroxylation is 1. The second-order valence-electron chi connectivity index (χ2n) is 5.52. The van der Waals surface area contributed by atoms with Crippen molar-refractivity contribution >= 4 is 33.1 Å². The number of ether oxygens (including phenoxy) is 2. The van der Waals surface area contributed by atoms with E-state index in [2.05, 4.69) is 4.99 Å². The van der Waals surface area contributed by atoms with E-state index in [-0.39, 0.29) is 11.3 Å². The lowest BCUT2D eigenvalue weighted by molar-refractivity contribution is -0.384. The summed E-state index contributed by atoms with van der Waals surface area (Å²) in [6.07, 6.45) is 0. The molecule has 0 unspecified atom stereocenters. The molecule has 0 aliphatic carbocycles. The smallest absolute Gasteiger partial charge is 0.283 e. The van der Waals surface area contributed by atoms with Gasteiger partial charge in [-0.3, -0.25) is 14.9 Å². The monoisotopic (exact) mass is 387 g/mol. The number of non-ortho nitro benzene ring substituents is 1. The molecule has 0 radical (unpaired) electrons. The van der Waals surface area contributed by atoms with E-state index in [0.29, 0.717) is 27.5 Å². The molecule has 0 saturated heterocycles. The number of hydrogen-bond donors (Lipinski definition) is 0. The van der Waals surface area contributed by atoms with Crippen molar-refractivity contribution < 1.29 is 19.2 Å². The maximum Gasteiger partial charge on any atom is 0.283 e. The lowest BCUT2D eigenvalue weighted by atomic mass is 10.2. The Morgan fingerprint density at radius 3 is 2.63 bits per heavy atom. The fourth-order valence-corrected chi connectivity index (χ4v) is 3.82. The van der Waals surface area contributed by atoms with Crippen molar-refractivity contribution in [2.45, 2.75) is 13.5 Å². The molecule has 1 heterocycles. The molecule has 0 saturated carbocycles. The first-order valence-electron chi connectivity index (χ1n) is 8.07. The summed E-state index contributed by atoms with van der Waals surface area (Å²) < 4.78 is 12.9. The average Bonchev–Trinajstić information content (AvgIpc) is 3.03. The van der Waals surface area contributed by atoms with Crippen molar-refractivity contribution in [3.8, 4) is 11.5 Å². The summed E-state index contributed by atoms with van der Waals surface area (Å²) in [4.78, 5) is 28.0. The molecular formula is C18H17N3O5S. The van der Waals surface area contributed by atoms with Gasteiger partial charge in [0.15, 0.2) is 4.80 Å². The van der Waals surface area contributed by atoms with Crippen molar-refractivity contribution in [2.24, 2.45) is 4.99 Å². The Kier molecular flexibility index (Phi) is 5.22. The summed E-state index contributed by atoms with van der Waals surface area (Å²) in [5.41, 5.74) is 1.07. The molecule has 3 rings (SSSR count). The zero-order valence-corrected chi connectivity index (χ0v) is 15.8. The minimum absolute atomic E-state index is 0.000607. The van der Waals surface area contributed by atoms with Crippen LogP contribution in [0.2, 0.25) is 0 Å². The van der Waals surface area contributed by atoms with Crippen molar-refractivity contribution in [3.05, 3.63) is 56.9 Å². The number of methoxy groups -OCH3 is 2. The number of thiazole rings is 1. The molecule has 0 N–H and O–H groups in total. The highest BCUT2D eigenvalue weighted by Gasteiger charge is 2.15. The second-order valence-corrected chi connectivity index (χ2v) is 6.53. The van der Waals surface area contributed by atoms with Gasteiger partial charge in [0.2, 0.25) is 0 Å². The third-order valence-corrected chi connectivity index (χ3v) is 5.07. The zero-order valence-electron chi connectivity index (χ0n) is 15.0. The number of nitro groups is 1. The van der Waals surface area contributed by atoms with Gasteiger partial charge in [-0.05, 0) is 31.2 Å². The first-order valence-corrected chi connectivity index (χ1v) is 8.89. The summed E-state index contributed by atoms with van der Waals surface area (Å²) in [6.45, 7) is 2.49. The van der Waals surface area contributed by atoms with Crippen molar-refractivity contribution in [1.82, 2.24) is 4.57 Å². The van der Waals surface area contributed by atoms with Gasteiger partial charge in [0.25, 0.3) is 11.6 Å². The van der Waals surface area contributed by atoms with E-state index in [9.17, 15) is 14.9 Å². The Labute approximate surface area is 158 Å². The Morgan fingerprint density at radius 1 is 1.22 bits per heavy atom. The molecule has 3 aromatic rings. The van der Waals surface area contributed by atoms with E-state index in [0.717, 1.165) is 5.52 Å². The maximum absolute atomic E-state index is 12.8. The summed E-state index contributed by atoms with van der Waals surface area (Å²) in [7, 11) is 2.99. The minimum Gasteiger partial charge on any atom is -0.497 e. The van der Waals surface area contributed by atoms with Crippen LogP contribution in [0.25, 0.3) is 10.2 Å². The molecule has 27 heavy (non-hydrogen) atoms. The van der Waals surface area contributed by atoms with E-state index in [1.54, 1.807) is 24.3 Å². The van der Waals surface area contributed by atoms with E-state index in [1.165, 1.54) is 37.7 Å². The molecule has 9 heteroatoms. The minimum atomic E-state index is -0.478. The molecule has 1 amide bonds. The SMILES string of the molecule is CCn1c(=NC(=O)c2cc(OC)ccc2OC)sc2cc([N+](=O)[O-])ccc21. The first-order chi connectivity index (χ1) is 13.0. The van der Waals surface area contributed by atoms with Crippen LogP contribution in [-0.2, 0) is 6.54 Å². The average molecular weight is 387 g/mol. The fourth-order valence-electron chi connectivity index (χ4n) is 2.69. The number of fused-ring (bicyclic) bond motifs is 1. The molecule has 140 valence electrons. The zero-order chi connectivity index (χ0) is 19.6. The predicted octanol–water partition coefficient (Wildman–Crippen LogP) is 3.39. The number of rotatable bonds is 5. The highest BCUT2D eigenvalue weighted by molar-refractivity contribution is 7.16. The van der Waals surface area contributed by atoms with Crippen molar-refractivity contribution in [1.29, 1.82) is 0 Å². The number of nitrogens with zero attached hydrogens (tertiary/aromatic N) is 3. The molecular weight excluding hydrogens is 370 g/mol. The van der Waals surface area contributed by atoms with Gasteiger partial charge in [0.1, 0.15) is 11.5 Å². The van der Waals surface area contributed by atoms with Crippen molar-refractivity contribution in [2.75, 3.05) is 14.2 Å². The van der Waals surface area contributed by atoms with Crippen LogP contribution in [0.15, 0.2) is 41.4 Å². The van der Waals surface area contributed by atoms with Gasteiger partial charge in [-0.25, -0.2) is 0 Å². The van der Waals surface area contributed by atoms with Gasteiger partial charge in [-0.2, -0.15) is 4.99 Å². The number of aromatic nitrogens is 1. The van der Waals surface area contributed by atoms with Crippen LogP contribution in [0.5, 0.6) is 11.5 Å². The van der Waals surface area contributed by atoms with Crippen molar-refractivity contribution in [3.63, 3.8) is 0 Å². The Morgan fingerprint density at radius 2 is 2.00 bits per heavy atom. The van der Waals surface area contributed by atoms with Crippen LogP contribution in [0.3, 0.4) is 0 Å². The van der Waals surface area contributed by atoms with Gasteiger partial charge in [0, 0.05) is 18.7 Å². The molecule has 2 aromatic carbocycles.